The third-order valence-electron chi connectivity index (χ3n) is 6.24. The van der Waals surface area contributed by atoms with Crippen molar-refractivity contribution in [2.75, 3.05) is 18.5 Å². The fourth-order valence-electron chi connectivity index (χ4n) is 4.09. The number of nitrogens with zero attached hydrogens (tertiary/aromatic N) is 4. The highest BCUT2D eigenvalue weighted by Crippen LogP contribution is 2.31. The molecular weight excluding hydrogens is 496 g/mol. The Bertz CT molecular complexity index is 1320. The minimum Gasteiger partial charge on any atom is -0.394 e. The number of aryl methyl sites for hydroxylation is 1. The maximum atomic E-state index is 13.3. The van der Waals surface area contributed by atoms with Gasteiger partial charge in [-0.2, -0.15) is 0 Å². The first-order chi connectivity index (χ1) is 17.7. The molecule has 4 rings (SSSR count). The van der Waals surface area contributed by atoms with Crippen LogP contribution in [0.25, 0.3) is 11.3 Å². The molecule has 2 aromatic heterocycles. The van der Waals surface area contributed by atoms with Crippen LogP contribution in [0.4, 0.5) is 5.95 Å². The second kappa shape index (κ2) is 11.2. The molecule has 1 aliphatic heterocycles. The number of rotatable bonds is 9. The first-order valence-electron chi connectivity index (χ1n) is 11.9. The fourth-order valence-corrected chi connectivity index (χ4v) is 4.29. The highest BCUT2D eigenvalue weighted by molar-refractivity contribution is 6.33. The maximum absolute atomic E-state index is 13.3. The number of carbonyl (C=O) groups is 2. The third kappa shape index (κ3) is 5.71. The van der Waals surface area contributed by atoms with E-state index in [0.717, 1.165) is 11.1 Å². The summed E-state index contributed by atoms with van der Waals surface area (Å²) < 4.78 is 0. The van der Waals surface area contributed by atoms with Gasteiger partial charge in [0.2, 0.25) is 11.9 Å². The standard InChI is InChI=1S/C26H29ClN6O4/c1-14-5-4-6-17(7-14)22(13-35)31-24(36)16(3)33-11-21-19(25(33)37)8-18(9-28-21)23-20(27)10-29-26(32-23)30-15(2)12-34/h4-10,15-16,22,34-35H,11-13H2,1-3H3,(H,31,36)(H,29,30,32)/t15-,16+,22+/m0/s1. The largest absolute Gasteiger partial charge is 0.394 e. The van der Waals surface area contributed by atoms with E-state index in [1.54, 1.807) is 26.1 Å². The van der Waals surface area contributed by atoms with Crippen LogP contribution in [0.15, 0.2) is 42.7 Å². The molecule has 0 aliphatic carbocycles. The number of hydrogen-bond acceptors (Lipinski definition) is 8. The molecule has 10 nitrogen and oxygen atoms in total. The molecule has 0 bridgehead atoms. The highest BCUT2D eigenvalue weighted by atomic mass is 35.5. The van der Waals surface area contributed by atoms with Crippen molar-refractivity contribution >= 4 is 29.4 Å². The summed E-state index contributed by atoms with van der Waals surface area (Å²) >= 11 is 6.33. The Balaban J connectivity index is 1.52. The van der Waals surface area contributed by atoms with Gasteiger partial charge in [0.1, 0.15) is 6.04 Å². The van der Waals surface area contributed by atoms with Gasteiger partial charge >= 0.3 is 0 Å². The summed E-state index contributed by atoms with van der Waals surface area (Å²) in [5.74, 6) is -0.429. The molecule has 3 aromatic rings. The number of halogens is 1. The van der Waals surface area contributed by atoms with Crippen molar-refractivity contribution < 1.29 is 19.8 Å². The first kappa shape index (κ1) is 26.5. The van der Waals surface area contributed by atoms with Gasteiger partial charge < -0.3 is 25.7 Å². The first-order valence-corrected chi connectivity index (χ1v) is 12.3. The van der Waals surface area contributed by atoms with E-state index in [2.05, 4.69) is 25.6 Å². The number of aromatic nitrogens is 3. The molecule has 4 N–H and O–H groups in total. The lowest BCUT2D eigenvalue weighted by molar-refractivity contribution is -0.126. The number of pyridine rings is 1. The van der Waals surface area contributed by atoms with Crippen LogP contribution in [0.5, 0.6) is 0 Å². The molecular formula is C26H29ClN6O4. The zero-order chi connectivity index (χ0) is 26.7. The van der Waals surface area contributed by atoms with Crippen molar-refractivity contribution in [3.8, 4) is 11.3 Å². The molecule has 1 aliphatic rings. The minimum absolute atomic E-state index is 0.0954. The number of benzene rings is 1. The van der Waals surface area contributed by atoms with Crippen LogP contribution in [0.3, 0.4) is 0 Å². The molecule has 0 spiro atoms. The second-order valence-corrected chi connectivity index (χ2v) is 9.51. The van der Waals surface area contributed by atoms with Gasteiger partial charge in [0.25, 0.3) is 5.91 Å². The van der Waals surface area contributed by atoms with Crippen LogP contribution in [-0.2, 0) is 11.3 Å². The predicted molar refractivity (Wildman–Crippen MR) is 139 cm³/mol. The van der Waals surface area contributed by atoms with Gasteiger partial charge in [-0.15, -0.1) is 0 Å². The molecule has 194 valence electrons. The van der Waals surface area contributed by atoms with Gasteiger partial charge in [-0.1, -0.05) is 41.4 Å². The number of carbonyl (C=O) groups excluding carboxylic acids is 2. The van der Waals surface area contributed by atoms with Gasteiger partial charge in [0, 0.05) is 17.8 Å². The molecule has 37 heavy (non-hydrogen) atoms. The number of amides is 2. The molecule has 0 fully saturated rings. The number of fused-ring (bicyclic) bond motifs is 1. The predicted octanol–water partition coefficient (Wildman–Crippen LogP) is 2.49. The van der Waals surface area contributed by atoms with E-state index >= 15 is 0 Å². The molecule has 2 amide bonds. The average Bonchev–Trinajstić information content (AvgIpc) is 3.23. The lowest BCUT2D eigenvalue weighted by Gasteiger charge is -2.26. The maximum Gasteiger partial charge on any atom is 0.256 e. The number of aliphatic hydroxyl groups is 2. The van der Waals surface area contributed by atoms with Crippen molar-refractivity contribution in [3.63, 3.8) is 0 Å². The molecule has 0 radical (unpaired) electrons. The van der Waals surface area contributed by atoms with Gasteiger partial charge in [0.15, 0.2) is 0 Å². The summed E-state index contributed by atoms with van der Waals surface area (Å²) in [5, 5.41) is 25.2. The number of nitrogens with one attached hydrogen (secondary N) is 2. The zero-order valence-corrected chi connectivity index (χ0v) is 21.5. The summed E-state index contributed by atoms with van der Waals surface area (Å²) in [5.41, 5.74) is 3.62. The van der Waals surface area contributed by atoms with Crippen LogP contribution >= 0.6 is 11.6 Å². The van der Waals surface area contributed by atoms with E-state index in [4.69, 9.17) is 11.6 Å². The van der Waals surface area contributed by atoms with E-state index in [-0.39, 0.29) is 48.6 Å². The summed E-state index contributed by atoms with van der Waals surface area (Å²) in [4.78, 5) is 40.8. The van der Waals surface area contributed by atoms with Crippen molar-refractivity contribution in [1.29, 1.82) is 0 Å². The highest BCUT2D eigenvalue weighted by Gasteiger charge is 2.36. The topological polar surface area (TPSA) is 141 Å². The van der Waals surface area contributed by atoms with Crippen LogP contribution < -0.4 is 10.6 Å². The summed E-state index contributed by atoms with van der Waals surface area (Å²) in [7, 11) is 0. The number of hydrogen-bond donors (Lipinski definition) is 4. The van der Waals surface area contributed by atoms with Crippen LogP contribution in [0, 0.1) is 6.92 Å². The summed E-state index contributed by atoms with van der Waals surface area (Å²) in [6.45, 7) is 5.17. The molecule has 3 heterocycles. The van der Waals surface area contributed by atoms with E-state index in [9.17, 15) is 19.8 Å². The smallest absolute Gasteiger partial charge is 0.256 e. The molecule has 1 aromatic carbocycles. The monoisotopic (exact) mass is 524 g/mol. The Kier molecular flexibility index (Phi) is 8.01. The van der Waals surface area contributed by atoms with E-state index in [1.807, 2.05) is 31.2 Å². The quantitative estimate of drug-likeness (QED) is 0.334. The minimum atomic E-state index is -0.789. The summed E-state index contributed by atoms with van der Waals surface area (Å²) in [6, 6.07) is 7.56. The molecule has 0 unspecified atom stereocenters. The normalized spacial score (nSPS) is 15.2. The number of aliphatic hydroxyl groups excluding tert-OH is 2. The molecule has 0 saturated carbocycles. The van der Waals surface area contributed by atoms with Gasteiger partial charge in [0.05, 0.1) is 54.0 Å². The zero-order valence-electron chi connectivity index (χ0n) is 20.8. The van der Waals surface area contributed by atoms with E-state index in [0.29, 0.717) is 22.5 Å². The SMILES string of the molecule is Cc1cccc([C@@H](CO)NC(=O)[C@@H](C)N2Cc3ncc(-c4nc(N[C@@H](C)CO)ncc4Cl)cc3C2=O)c1. The molecule has 3 atom stereocenters. The lowest BCUT2D eigenvalue weighted by Crippen LogP contribution is -2.46. The number of anilines is 1. The van der Waals surface area contributed by atoms with E-state index in [1.165, 1.54) is 11.1 Å². The lowest BCUT2D eigenvalue weighted by atomic mass is 10.0. The van der Waals surface area contributed by atoms with Crippen molar-refractivity contribution in [2.24, 2.45) is 0 Å². The van der Waals surface area contributed by atoms with Gasteiger partial charge in [-0.3, -0.25) is 14.6 Å². The Morgan fingerprint density at radius 1 is 1.16 bits per heavy atom. The summed E-state index contributed by atoms with van der Waals surface area (Å²) in [6.07, 6.45) is 3.02. The Labute approximate surface area is 219 Å². The Hall–Kier alpha value is -3.60. The van der Waals surface area contributed by atoms with Crippen LogP contribution in [0.2, 0.25) is 5.02 Å². The van der Waals surface area contributed by atoms with Crippen LogP contribution in [0.1, 0.15) is 47.1 Å². The average molecular weight is 525 g/mol. The van der Waals surface area contributed by atoms with Crippen molar-refractivity contribution in [2.45, 2.75) is 45.4 Å². The van der Waals surface area contributed by atoms with Gasteiger partial charge in [-0.05, 0) is 32.4 Å². The van der Waals surface area contributed by atoms with Crippen molar-refractivity contribution in [3.05, 3.63) is 70.1 Å². The van der Waals surface area contributed by atoms with Gasteiger partial charge in [-0.25, -0.2) is 9.97 Å². The van der Waals surface area contributed by atoms with Crippen molar-refractivity contribution in [1.82, 2.24) is 25.2 Å². The molecule has 0 saturated heterocycles. The van der Waals surface area contributed by atoms with E-state index < -0.39 is 12.1 Å². The third-order valence-corrected chi connectivity index (χ3v) is 6.52. The Morgan fingerprint density at radius 2 is 1.95 bits per heavy atom. The second-order valence-electron chi connectivity index (χ2n) is 9.10. The molecule has 11 heteroatoms. The fraction of sp³-hybridized carbons (Fsp3) is 0.346. The van der Waals surface area contributed by atoms with Crippen LogP contribution in [-0.4, -0.2) is 67.2 Å². The Morgan fingerprint density at radius 3 is 2.65 bits per heavy atom.